The molecule has 6 nitrogen and oxygen atoms in total. The fourth-order valence-corrected chi connectivity index (χ4v) is 6.93. The number of hydrogen-bond donors (Lipinski definition) is 0. The van der Waals surface area contributed by atoms with E-state index in [0.29, 0.717) is 28.5 Å². The first-order valence-corrected chi connectivity index (χ1v) is 17.0. The predicted octanol–water partition coefficient (Wildman–Crippen LogP) is 8.40. The van der Waals surface area contributed by atoms with Gasteiger partial charge >= 0.3 is 6.18 Å². The lowest BCUT2D eigenvalue weighted by Gasteiger charge is -2.39. The molecule has 1 aliphatic rings. The first kappa shape index (κ1) is 27.1. The van der Waals surface area contributed by atoms with Crippen molar-refractivity contribution in [3.05, 3.63) is 136 Å². The van der Waals surface area contributed by atoms with Crippen LogP contribution in [0.5, 0.6) is 0 Å². The van der Waals surface area contributed by atoms with Crippen LogP contribution in [0.2, 0.25) is 0 Å². The minimum Gasteiger partial charge on any atom is -0.383 e. The van der Waals surface area contributed by atoms with E-state index in [1.807, 2.05) is 0 Å². The average molecular weight is 745 g/mol. The Morgan fingerprint density at radius 2 is 1.65 bits per heavy atom. The maximum absolute atomic E-state index is 14.9. The fourth-order valence-electron chi connectivity index (χ4n) is 6.12. The molecule has 272 valence electrons. The van der Waals surface area contributed by atoms with Crippen molar-refractivity contribution in [3.8, 4) is 11.1 Å². The molecule has 52 heavy (non-hydrogen) atoms. The maximum atomic E-state index is 14.9. The predicted molar refractivity (Wildman–Crippen MR) is 193 cm³/mol. The maximum Gasteiger partial charge on any atom is 0.416 e. The smallest absolute Gasteiger partial charge is 0.383 e. The number of amides is 1. The minimum absolute atomic E-state index is 0.0530. The van der Waals surface area contributed by atoms with E-state index in [2.05, 4.69) is 4.74 Å². The normalized spacial score (nSPS) is 17.8. The van der Waals surface area contributed by atoms with E-state index >= 15 is 0 Å². The van der Waals surface area contributed by atoms with Gasteiger partial charge in [-0.3, -0.25) is 9.59 Å². The molecule has 12 heteroatoms. The number of pyridine rings is 1. The van der Waals surface area contributed by atoms with E-state index in [1.54, 1.807) is 42.5 Å². The molecule has 1 aliphatic heterocycles. The highest BCUT2D eigenvalue weighted by Crippen LogP contribution is 2.32. The Morgan fingerprint density at radius 1 is 0.962 bits per heavy atom. The third kappa shape index (κ3) is 8.74. The van der Waals surface area contributed by atoms with Gasteiger partial charge in [-0.1, -0.05) is 60.7 Å². The number of para-hydroxylation sites is 1. The monoisotopic (exact) mass is 744 g/mol. The van der Waals surface area contributed by atoms with E-state index in [1.165, 1.54) is 27.7 Å². The summed E-state index contributed by atoms with van der Waals surface area (Å²) in [6.07, 6.45) is -4.36. The van der Waals surface area contributed by atoms with Crippen LogP contribution in [0.3, 0.4) is 0 Å². The van der Waals surface area contributed by atoms with Crippen LogP contribution in [0, 0.1) is 11.6 Å². The SMILES string of the molecule is [2H]C([2H])([2H])OC([2H])([2H])C([2H])([2H])N1CCC(N(Cc2ccc(-c3ccc(C(F)(F)F)cc3)cc2)C(=O)Cn2c(SC([2H])([2H])c3cccc(F)c3F)cc(=O)c3ccccc32)CC1. The molecule has 2 heterocycles. The third-order valence-corrected chi connectivity index (χ3v) is 9.69. The van der Waals surface area contributed by atoms with Gasteiger partial charge in [0.15, 0.2) is 17.1 Å². The second-order valence-corrected chi connectivity index (χ2v) is 12.9. The Balaban J connectivity index is 1.34. The van der Waals surface area contributed by atoms with E-state index in [-0.39, 0.29) is 48.4 Å². The molecule has 6 rings (SSSR count). The largest absolute Gasteiger partial charge is 0.416 e. The number of nitrogens with zero attached hydrogens (tertiary/aromatic N) is 3. The molecule has 0 aliphatic carbocycles. The fraction of sp³-hybridized carbons (Fsp3) is 0.300. The molecule has 1 fully saturated rings. The summed E-state index contributed by atoms with van der Waals surface area (Å²) >= 11 is 0.402. The molecular formula is C40H38F5N3O3S. The standard InChI is InChI=1S/C40H38F5N3O3S/c1-51-22-21-46-19-17-32(18-20-46)47(24-27-9-11-28(12-10-27)29-13-15-31(16-14-29)40(43,44)45)37(50)25-48-35-8-3-2-6-33(35)36(49)23-38(48)52-26-30-5-4-7-34(41)39(30)42/h2-16,23,32H,17-22,24-26H2,1H3/i1D3,21D2,22D2,26D2. The summed E-state index contributed by atoms with van der Waals surface area (Å²) < 4.78 is 147. The van der Waals surface area contributed by atoms with Gasteiger partial charge in [0.25, 0.3) is 0 Å². The molecule has 0 unspecified atom stereocenters. The van der Waals surface area contributed by atoms with Crippen LogP contribution < -0.4 is 5.43 Å². The van der Waals surface area contributed by atoms with Crippen molar-refractivity contribution in [1.82, 2.24) is 14.4 Å². The van der Waals surface area contributed by atoms with Crippen molar-refractivity contribution in [2.75, 3.05) is 33.2 Å². The van der Waals surface area contributed by atoms with Crippen LogP contribution in [0.4, 0.5) is 22.0 Å². The number of likely N-dealkylation sites (tertiary alicyclic amines) is 1. The van der Waals surface area contributed by atoms with Crippen molar-refractivity contribution >= 4 is 28.6 Å². The summed E-state index contributed by atoms with van der Waals surface area (Å²) in [4.78, 5) is 30.6. The molecule has 0 atom stereocenters. The summed E-state index contributed by atoms with van der Waals surface area (Å²) in [5.74, 6) is -3.26. The van der Waals surface area contributed by atoms with Crippen molar-refractivity contribution in [3.63, 3.8) is 0 Å². The molecule has 1 amide bonds. The number of benzene rings is 4. The lowest BCUT2D eigenvalue weighted by molar-refractivity contribution is -0.137. The third-order valence-electron chi connectivity index (χ3n) is 8.82. The number of carbonyl (C=O) groups excluding carboxylic acids is 1. The van der Waals surface area contributed by atoms with Gasteiger partial charge in [0.1, 0.15) is 6.54 Å². The number of alkyl halides is 3. The molecule has 4 aromatic carbocycles. The van der Waals surface area contributed by atoms with E-state index in [9.17, 15) is 31.5 Å². The number of hydrogen-bond acceptors (Lipinski definition) is 5. The molecule has 0 bridgehead atoms. The zero-order chi connectivity index (χ0) is 44.7. The number of thioether (sulfide) groups is 1. The molecule has 0 spiro atoms. The molecule has 1 aromatic heterocycles. The minimum atomic E-state index is -4.51. The van der Waals surface area contributed by atoms with Gasteiger partial charge in [0.05, 0.1) is 29.5 Å². The summed E-state index contributed by atoms with van der Waals surface area (Å²) in [6, 6.07) is 21.1. The molecule has 0 saturated carbocycles. The first-order valence-electron chi connectivity index (χ1n) is 20.7. The zero-order valence-corrected chi connectivity index (χ0v) is 28.2. The topological polar surface area (TPSA) is 54.8 Å². The lowest BCUT2D eigenvalue weighted by atomic mass is 10.00. The van der Waals surface area contributed by atoms with Crippen LogP contribution >= 0.6 is 11.8 Å². The first-order chi connectivity index (χ1) is 28.4. The Labute approximate surface area is 315 Å². The lowest BCUT2D eigenvalue weighted by Crippen LogP contribution is -2.48. The molecule has 0 N–H and O–H groups in total. The van der Waals surface area contributed by atoms with Crippen LogP contribution in [0.25, 0.3) is 22.0 Å². The van der Waals surface area contributed by atoms with Crippen LogP contribution in [0.15, 0.2) is 107 Å². The van der Waals surface area contributed by atoms with E-state index < -0.39 is 78.7 Å². The van der Waals surface area contributed by atoms with Crippen molar-refractivity contribution < 1.29 is 43.8 Å². The van der Waals surface area contributed by atoms with Gasteiger partial charge in [-0.05, 0) is 59.9 Å². The van der Waals surface area contributed by atoms with Crippen molar-refractivity contribution in [2.45, 2.75) is 48.9 Å². The van der Waals surface area contributed by atoms with Crippen LogP contribution in [-0.4, -0.2) is 59.5 Å². The molecule has 5 aromatic rings. The Morgan fingerprint density at radius 3 is 2.35 bits per heavy atom. The number of piperidine rings is 1. The van der Waals surface area contributed by atoms with E-state index in [4.69, 9.17) is 12.3 Å². The molecular weight excluding hydrogens is 698 g/mol. The number of aromatic nitrogens is 1. The number of rotatable bonds is 12. The Bertz CT molecular complexity index is 2440. The van der Waals surface area contributed by atoms with Gasteiger partial charge < -0.3 is 19.1 Å². The van der Waals surface area contributed by atoms with Crippen molar-refractivity contribution in [1.29, 1.82) is 0 Å². The molecule has 0 radical (unpaired) electrons. The van der Waals surface area contributed by atoms with Gasteiger partial charge in [-0.25, -0.2) is 8.78 Å². The molecule has 1 saturated heterocycles. The highest BCUT2D eigenvalue weighted by atomic mass is 32.2. The Hall–Kier alpha value is -4.52. The van der Waals surface area contributed by atoms with Gasteiger partial charge in [-0.2, -0.15) is 13.2 Å². The second-order valence-electron chi connectivity index (χ2n) is 12.1. The number of methoxy groups -OCH3 is 1. The summed E-state index contributed by atoms with van der Waals surface area (Å²) in [5, 5.41) is 0.109. The highest BCUT2D eigenvalue weighted by molar-refractivity contribution is 7.98. The van der Waals surface area contributed by atoms with Gasteiger partial charge in [-0.15, -0.1) is 11.8 Å². The number of ether oxygens (including phenoxy) is 1. The zero-order valence-electron chi connectivity index (χ0n) is 36.4. The van der Waals surface area contributed by atoms with Gasteiger partial charge in [0, 0.05) is 67.4 Å². The second kappa shape index (κ2) is 16.4. The Kier molecular flexibility index (Phi) is 8.58. The summed E-state index contributed by atoms with van der Waals surface area (Å²) in [7, 11) is -3.24. The summed E-state index contributed by atoms with van der Waals surface area (Å²) in [6.45, 7) is -6.99. The average Bonchev–Trinajstić information content (AvgIpc) is 3.18. The van der Waals surface area contributed by atoms with E-state index in [0.717, 1.165) is 41.3 Å². The summed E-state index contributed by atoms with van der Waals surface area (Å²) in [5.41, 5.74) is -2.68. The quantitative estimate of drug-likeness (QED) is 0.0950. The highest BCUT2D eigenvalue weighted by Gasteiger charge is 2.31. The number of halogens is 5. The number of fused-ring (bicyclic) bond motifs is 1. The van der Waals surface area contributed by atoms with Crippen LogP contribution in [0.1, 0.15) is 41.9 Å². The van der Waals surface area contributed by atoms with Crippen molar-refractivity contribution in [2.24, 2.45) is 0 Å². The number of carbonyl (C=O) groups is 1. The van der Waals surface area contributed by atoms with Gasteiger partial charge in [0.2, 0.25) is 5.91 Å². The van der Waals surface area contributed by atoms with Crippen LogP contribution in [-0.2, 0) is 34.5 Å².